The van der Waals surface area contributed by atoms with Crippen LogP contribution in [0.5, 0.6) is 5.75 Å². The molecular formula is C15H15F5O4. The van der Waals surface area contributed by atoms with Crippen LogP contribution < -0.4 is 4.74 Å². The second-order valence-corrected chi connectivity index (χ2v) is 5.73. The van der Waals surface area contributed by atoms with E-state index in [1.54, 1.807) is 0 Å². The summed E-state index contributed by atoms with van der Waals surface area (Å²) in [5, 5.41) is 9.25. The molecule has 0 radical (unpaired) electrons. The van der Waals surface area contributed by atoms with Crippen molar-refractivity contribution < 1.29 is 41.3 Å². The number of hydrogen-bond donors (Lipinski definition) is 1. The van der Waals surface area contributed by atoms with Crippen LogP contribution in [0.3, 0.4) is 0 Å². The van der Waals surface area contributed by atoms with Crippen LogP contribution in [-0.4, -0.2) is 36.1 Å². The molecule has 9 heteroatoms. The maximum Gasteiger partial charge on any atom is 0.417 e. The third-order valence-corrected chi connectivity index (χ3v) is 4.21. The first-order valence-corrected chi connectivity index (χ1v) is 7.01. The highest BCUT2D eigenvalue weighted by atomic mass is 19.4. The summed E-state index contributed by atoms with van der Waals surface area (Å²) in [5.41, 5.74) is -2.67. The van der Waals surface area contributed by atoms with Crippen LogP contribution >= 0.6 is 0 Å². The van der Waals surface area contributed by atoms with E-state index in [9.17, 15) is 31.9 Å². The number of alkyl halides is 3. The Morgan fingerprint density at radius 1 is 1.38 bits per heavy atom. The van der Waals surface area contributed by atoms with E-state index in [0.29, 0.717) is 0 Å². The molecule has 0 aliphatic carbocycles. The Bertz CT molecular complexity index is 645. The molecule has 1 fully saturated rings. The van der Waals surface area contributed by atoms with E-state index < -0.39 is 53.6 Å². The summed E-state index contributed by atoms with van der Waals surface area (Å²) in [7, 11) is 1.06. The monoisotopic (exact) mass is 354 g/mol. The first-order valence-electron chi connectivity index (χ1n) is 7.01. The van der Waals surface area contributed by atoms with E-state index in [4.69, 9.17) is 9.47 Å². The van der Waals surface area contributed by atoms with Gasteiger partial charge in [0, 0.05) is 11.5 Å². The summed E-state index contributed by atoms with van der Waals surface area (Å²) in [6, 6.07) is 1.86. The van der Waals surface area contributed by atoms with Gasteiger partial charge in [-0.05, 0) is 25.8 Å². The van der Waals surface area contributed by atoms with E-state index in [2.05, 4.69) is 0 Å². The van der Waals surface area contributed by atoms with Gasteiger partial charge < -0.3 is 14.6 Å². The lowest BCUT2D eigenvalue weighted by molar-refractivity contribution is -0.298. The summed E-state index contributed by atoms with van der Waals surface area (Å²) in [4.78, 5) is 11.4. The lowest BCUT2D eigenvalue weighted by Crippen LogP contribution is -2.53. The van der Waals surface area contributed by atoms with Crippen LogP contribution in [0.2, 0.25) is 0 Å². The number of benzene rings is 1. The van der Waals surface area contributed by atoms with Gasteiger partial charge >= 0.3 is 12.1 Å². The first kappa shape index (κ1) is 18.4. The Hall–Kier alpha value is -1.90. The third-order valence-electron chi connectivity index (χ3n) is 4.21. The number of hydrogen-bond acceptors (Lipinski definition) is 3. The zero-order valence-corrected chi connectivity index (χ0v) is 12.8. The van der Waals surface area contributed by atoms with Crippen LogP contribution in [0, 0.1) is 11.6 Å². The maximum absolute atomic E-state index is 13.8. The molecule has 1 aliphatic heterocycles. The van der Waals surface area contributed by atoms with Crippen molar-refractivity contribution in [2.24, 2.45) is 0 Å². The molecule has 134 valence electrons. The van der Waals surface area contributed by atoms with E-state index in [0.717, 1.165) is 26.2 Å². The van der Waals surface area contributed by atoms with Gasteiger partial charge in [-0.1, -0.05) is 6.07 Å². The van der Waals surface area contributed by atoms with Gasteiger partial charge in [0.25, 0.3) is 0 Å². The summed E-state index contributed by atoms with van der Waals surface area (Å²) in [6.45, 7) is 0.766. The van der Waals surface area contributed by atoms with E-state index in [1.807, 2.05) is 0 Å². The number of rotatable bonds is 3. The maximum atomic E-state index is 13.8. The van der Waals surface area contributed by atoms with Crippen molar-refractivity contribution in [2.45, 2.75) is 43.6 Å². The highest BCUT2D eigenvalue weighted by molar-refractivity contribution is 5.74. The molecule has 1 N–H and O–H groups in total. The molecule has 1 aliphatic rings. The molecule has 0 unspecified atom stereocenters. The number of carboxylic acid groups (broad SMARTS) is 1. The average molecular weight is 354 g/mol. The molecule has 2 rings (SSSR count). The van der Waals surface area contributed by atoms with Gasteiger partial charge in [-0.15, -0.1) is 0 Å². The molecule has 0 spiro atoms. The second kappa shape index (κ2) is 6.19. The van der Waals surface area contributed by atoms with Crippen LogP contribution in [0.1, 0.15) is 31.2 Å². The zero-order chi connectivity index (χ0) is 18.3. The van der Waals surface area contributed by atoms with Crippen LogP contribution in [-0.2, 0) is 9.53 Å². The minimum absolute atomic E-state index is 0.0481. The van der Waals surface area contributed by atoms with Gasteiger partial charge in [0.15, 0.2) is 23.3 Å². The van der Waals surface area contributed by atoms with E-state index >= 15 is 0 Å². The number of methoxy groups -OCH3 is 1. The minimum atomic E-state index is -4.76. The number of halogens is 5. The molecule has 0 aromatic heterocycles. The first-order chi connectivity index (χ1) is 11.0. The zero-order valence-electron chi connectivity index (χ0n) is 12.8. The lowest BCUT2D eigenvalue weighted by Gasteiger charge is -2.42. The van der Waals surface area contributed by atoms with E-state index in [1.165, 1.54) is 0 Å². The predicted octanol–water partition coefficient (Wildman–Crippen LogP) is 3.64. The molecule has 24 heavy (non-hydrogen) atoms. The molecule has 3 atom stereocenters. The van der Waals surface area contributed by atoms with Gasteiger partial charge in [-0.25, -0.2) is 9.18 Å². The topological polar surface area (TPSA) is 55.8 Å². The smallest absolute Gasteiger partial charge is 0.417 e. The summed E-state index contributed by atoms with van der Waals surface area (Å²) in [5.74, 6) is -5.81. The molecular weight excluding hydrogens is 339 g/mol. The lowest BCUT2D eigenvalue weighted by atomic mass is 9.81. The SMILES string of the molecule is COc1c([C@@H]2CC[C@](C)(C(F)(F)F)O[C@@H]2C(=O)O)ccc(F)c1F. The van der Waals surface area contributed by atoms with Gasteiger partial charge in [0.05, 0.1) is 7.11 Å². The van der Waals surface area contributed by atoms with Crippen molar-refractivity contribution in [3.63, 3.8) is 0 Å². The highest BCUT2D eigenvalue weighted by Crippen LogP contribution is 2.48. The largest absolute Gasteiger partial charge is 0.493 e. The number of ether oxygens (including phenoxy) is 2. The standard InChI is InChI=1S/C15H15F5O4/c1-14(15(18,19)20)6-5-8(12(24-14)13(21)22)7-3-4-9(16)10(17)11(7)23-2/h3-4,8,12H,5-6H2,1-2H3,(H,21,22)/t8-,12-,14+/m0/s1. The van der Waals surface area contributed by atoms with Gasteiger partial charge in [-0.2, -0.15) is 17.6 Å². The van der Waals surface area contributed by atoms with Crippen molar-refractivity contribution >= 4 is 5.97 Å². The fourth-order valence-corrected chi connectivity index (χ4v) is 2.80. The van der Waals surface area contributed by atoms with Crippen LogP contribution in [0.4, 0.5) is 22.0 Å². The summed E-state index contributed by atoms with van der Waals surface area (Å²) < 4.78 is 76.0. The van der Waals surface area contributed by atoms with Crippen LogP contribution in [0.15, 0.2) is 12.1 Å². The molecule has 4 nitrogen and oxygen atoms in total. The molecule has 1 saturated heterocycles. The Morgan fingerprint density at radius 2 is 2.00 bits per heavy atom. The molecule has 1 heterocycles. The minimum Gasteiger partial charge on any atom is -0.493 e. The van der Waals surface area contributed by atoms with Crippen molar-refractivity contribution in [2.75, 3.05) is 7.11 Å². The summed E-state index contributed by atoms with van der Waals surface area (Å²) >= 11 is 0. The normalized spacial score (nSPS) is 27.8. The van der Waals surface area contributed by atoms with Gasteiger partial charge in [0.2, 0.25) is 5.82 Å². The highest BCUT2D eigenvalue weighted by Gasteiger charge is 2.58. The molecule has 1 aromatic rings. The quantitative estimate of drug-likeness (QED) is 0.842. The Morgan fingerprint density at radius 3 is 2.50 bits per heavy atom. The van der Waals surface area contributed by atoms with Crippen LogP contribution in [0.25, 0.3) is 0 Å². The fraction of sp³-hybridized carbons (Fsp3) is 0.533. The number of carbonyl (C=O) groups is 1. The number of aliphatic carboxylic acids is 1. The van der Waals surface area contributed by atoms with Crippen molar-refractivity contribution in [3.8, 4) is 5.75 Å². The molecule has 0 saturated carbocycles. The van der Waals surface area contributed by atoms with Crippen molar-refractivity contribution in [1.82, 2.24) is 0 Å². The average Bonchev–Trinajstić information content (AvgIpc) is 2.49. The van der Waals surface area contributed by atoms with Gasteiger partial charge in [0.1, 0.15) is 0 Å². The Kier molecular flexibility index (Phi) is 4.76. The third kappa shape index (κ3) is 3.04. The van der Waals surface area contributed by atoms with Gasteiger partial charge in [-0.3, -0.25) is 0 Å². The second-order valence-electron chi connectivity index (χ2n) is 5.73. The molecule has 0 amide bonds. The number of carboxylic acids is 1. The molecule has 0 bridgehead atoms. The Labute approximate surface area is 134 Å². The van der Waals surface area contributed by atoms with E-state index in [-0.39, 0.29) is 12.0 Å². The van der Waals surface area contributed by atoms with Crippen molar-refractivity contribution in [1.29, 1.82) is 0 Å². The Balaban J connectivity index is 2.46. The summed E-state index contributed by atoms with van der Waals surface area (Å²) in [6.07, 6.45) is -7.39. The van der Waals surface area contributed by atoms with Crippen molar-refractivity contribution in [3.05, 3.63) is 29.3 Å². The fourth-order valence-electron chi connectivity index (χ4n) is 2.80. The molecule has 1 aromatic carbocycles. The predicted molar refractivity (Wildman–Crippen MR) is 71.9 cm³/mol.